The summed E-state index contributed by atoms with van der Waals surface area (Å²) in [5.41, 5.74) is 1.20. The fourth-order valence-electron chi connectivity index (χ4n) is 1.28. The molecule has 0 fully saturated rings. The van der Waals surface area contributed by atoms with Crippen LogP contribution in [-0.4, -0.2) is 34.1 Å². The minimum absolute atomic E-state index is 0.586. The van der Waals surface area contributed by atoms with Crippen molar-refractivity contribution in [2.45, 2.75) is 33.4 Å². The second-order valence-corrected chi connectivity index (χ2v) is 4.35. The molecule has 0 amide bonds. The van der Waals surface area contributed by atoms with Crippen molar-refractivity contribution in [2.75, 3.05) is 13.6 Å². The van der Waals surface area contributed by atoms with Crippen molar-refractivity contribution >= 4 is 12.2 Å². The summed E-state index contributed by atoms with van der Waals surface area (Å²) in [6.45, 7) is 8.46. The lowest BCUT2D eigenvalue weighted by Crippen LogP contribution is -2.29. The minimum atomic E-state index is 0.586. The van der Waals surface area contributed by atoms with Crippen LogP contribution >= 0.6 is 12.2 Å². The molecule has 1 aromatic heterocycles. The van der Waals surface area contributed by atoms with Crippen LogP contribution in [0.2, 0.25) is 0 Å². The van der Waals surface area contributed by atoms with E-state index in [2.05, 4.69) is 42.3 Å². The van der Waals surface area contributed by atoms with E-state index >= 15 is 0 Å². The Morgan fingerprint density at radius 3 is 2.64 bits per heavy atom. The van der Waals surface area contributed by atoms with Crippen LogP contribution in [0.3, 0.4) is 0 Å². The summed E-state index contributed by atoms with van der Waals surface area (Å²) in [5, 5.41) is 0. The van der Waals surface area contributed by atoms with E-state index in [9.17, 15) is 0 Å². The van der Waals surface area contributed by atoms with Crippen molar-refractivity contribution in [3.05, 3.63) is 16.7 Å². The van der Waals surface area contributed by atoms with Gasteiger partial charge in [0.25, 0.3) is 0 Å². The molecule has 4 heteroatoms. The number of imidazole rings is 1. The highest BCUT2D eigenvalue weighted by Crippen LogP contribution is 2.01. The summed E-state index contributed by atoms with van der Waals surface area (Å²) >= 11 is 5.18. The molecule has 0 saturated carbocycles. The maximum Gasteiger partial charge on any atom is 0.177 e. The maximum absolute atomic E-state index is 5.18. The third kappa shape index (κ3) is 2.69. The van der Waals surface area contributed by atoms with E-state index < -0.39 is 0 Å². The molecule has 0 bridgehead atoms. The molecular formula is C10H19N3S. The summed E-state index contributed by atoms with van der Waals surface area (Å²) < 4.78 is 2.95. The number of aromatic amines is 1. The highest BCUT2D eigenvalue weighted by Gasteiger charge is 2.04. The first-order valence-electron chi connectivity index (χ1n) is 4.97. The molecule has 1 N–H and O–H groups in total. The molecule has 3 nitrogen and oxygen atoms in total. The van der Waals surface area contributed by atoms with Gasteiger partial charge in [0.05, 0.1) is 0 Å². The normalized spacial score (nSPS) is 11.6. The number of aromatic nitrogens is 2. The number of hydrogen-bond acceptors (Lipinski definition) is 2. The van der Waals surface area contributed by atoms with E-state index in [-0.39, 0.29) is 0 Å². The van der Waals surface area contributed by atoms with Gasteiger partial charge in [0.1, 0.15) is 0 Å². The van der Waals surface area contributed by atoms with E-state index in [0.29, 0.717) is 6.04 Å². The predicted octanol–water partition coefficient (Wildman–Crippen LogP) is 2.19. The Kier molecular flexibility index (Phi) is 3.89. The lowest BCUT2D eigenvalue weighted by Gasteiger charge is -2.21. The fourth-order valence-corrected chi connectivity index (χ4v) is 1.57. The lowest BCUT2D eigenvalue weighted by molar-refractivity contribution is 0.262. The summed E-state index contributed by atoms with van der Waals surface area (Å²) in [6, 6.07) is 0.586. The quantitative estimate of drug-likeness (QED) is 0.775. The topological polar surface area (TPSA) is 24.0 Å². The molecule has 0 saturated heterocycles. The zero-order valence-corrected chi connectivity index (χ0v) is 10.2. The molecule has 0 aliphatic carbocycles. The Morgan fingerprint density at radius 2 is 2.21 bits per heavy atom. The van der Waals surface area contributed by atoms with Crippen LogP contribution in [-0.2, 0) is 6.54 Å². The number of nitrogens with one attached hydrogen (secondary N) is 1. The van der Waals surface area contributed by atoms with Crippen molar-refractivity contribution in [2.24, 2.45) is 0 Å². The fraction of sp³-hybridized carbons (Fsp3) is 0.700. The van der Waals surface area contributed by atoms with Crippen LogP contribution < -0.4 is 0 Å². The number of aryl methyl sites for hydroxylation is 1. The molecule has 0 aromatic carbocycles. The predicted molar refractivity (Wildman–Crippen MR) is 62.1 cm³/mol. The zero-order chi connectivity index (χ0) is 10.7. The second-order valence-electron chi connectivity index (χ2n) is 3.96. The average Bonchev–Trinajstić information content (AvgIpc) is 2.43. The smallest absolute Gasteiger partial charge is 0.177 e. The third-order valence-electron chi connectivity index (χ3n) is 2.63. The summed E-state index contributed by atoms with van der Waals surface area (Å²) in [5.74, 6) is 0. The van der Waals surface area contributed by atoms with Gasteiger partial charge >= 0.3 is 0 Å². The second kappa shape index (κ2) is 4.75. The molecule has 0 atom stereocenters. The largest absolute Gasteiger partial charge is 0.337 e. The highest BCUT2D eigenvalue weighted by atomic mass is 32.1. The van der Waals surface area contributed by atoms with E-state index in [0.717, 1.165) is 17.9 Å². The number of H-pyrrole nitrogens is 1. The zero-order valence-electron chi connectivity index (χ0n) is 9.37. The van der Waals surface area contributed by atoms with Crippen molar-refractivity contribution < 1.29 is 0 Å². The molecule has 1 aromatic rings. The van der Waals surface area contributed by atoms with E-state index in [4.69, 9.17) is 12.2 Å². The van der Waals surface area contributed by atoms with Crippen LogP contribution in [0.4, 0.5) is 0 Å². The van der Waals surface area contributed by atoms with Crippen LogP contribution in [0.25, 0.3) is 0 Å². The van der Waals surface area contributed by atoms with Crippen LogP contribution in [0.1, 0.15) is 19.5 Å². The van der Waals surface area contributed by atoms with Gasteiger partial charge in [-0.05, 0) is 40.0 Å². The van der Waals surface area contributed by atoms with Gasteiger partial charge < -0.3 is 14.5 Å². The standard InChI is InChI=1S/C10H19N3S/c1-8(2)12(4)5-6-13-9(3)7-11-10(13)14/h7-8H,5-6H2,1-4H3,(H,11,14). The number of hydrogen-bond donors (Lipinski definition) is 1. The first-order valence-corrected chi connectivity index (χ1v) is 5.38. The number of likely N-dealkylation sites (N-methyl/N-ethyl adjacent to an activating group) is 1. The van der Waals surface area contributed by atoms with Gasteiger partial charge in [0.2, 0.25) is 0 Å². The van der Waals surface area contributed by atoms with Crippen molar-refractivity contribution in [1.29, 1.82) is 0 Å². The minimum Gasteiger partial charge on any atom is -0.337 e. The van der Waals surface area contributed by atoms with Gasteiger partial charge in [0.15, 0.2) is 4.77 Å². The first-order chi connectivity index (χ1) is 6.52. The third-order valence-corrected chi connectivity index (χ3v) is 2.97. The average molecular weight is 213 g/mol. The van der Waals surface area contributed by atoms with Gasteiger partial charge in [-0.1, -0.05) is 0 Å². The molecular weight excluding hydrogens is 194 g/mol. The summed E-state index contributed by atoms with van der Waals surface area (Å²) in [4.78, 5) is 5.36. The van der Waals surface area contributed by atoms with Crippen LogP contribution in [0.5, 0.6) is 0 Å². The maximum atomic E-state index is 5.18. The molecule has 0 spiro atoms. The van der Waals surface area contributed by atoms with Crippen molar-refractivity contribution in [3.8, 4) is 0 Å². The van der Waals surface area contributed by atoms with E-state index in [1.54, 1.807) is 0 Å². The van der Waals surface area contributed by atoms with E-state index in [1.807, 2.05) is 6.20 Å². The Bertz CT molecular complexity index is 337. The molecule has 0 aliphatic heterocycles. The van der Waals surface area contributed by atoms with Crippen LogP contribution in [0, 0.1) is 11.7 Å². The molecule has 1 heterocycles. The Hall–Kier alpha value is -0.610. The molecule has 0 aliphatic rings. The van der Waals surface area contributed by atoms with E-state index in [1.165, 1.54) is 5.69 Å². The molecule has 1 rings (SSSR count). The summed E-state index contributed by atoms with van der Waals surface area (Å²) in [7, 11) is 2.14. The van der Waals surface area contributed by atoms with Gasteiger partial charge in [0, 0.05) is 31.0 Å². The highest BCUT2D eigenvalue weighted by molar-refractivity contribution is 7.71. The van der Waals surface area contributed by atoms with Crippen molar-refractivity contribution in [1.82, 2.24) is 14.5 Å². The number of nitrogens with zero attached hydrogens (tertiary/aromatic N) is 2. The molecule has 80 valence electrons. The Labute approximate surface area is 90.7 Å². The monoisotopic (exact) mass is 213 g/mol. The SMILES string of the molecule is Cc1c[nH]c(=S)n1CCN(C)C(C)C. The molecule has 0 unspecified atom stereocenters. The Morgan fingerprint density at radius 1 is 1.57 bits per heavy atom. The van der Waals surface area contributed by atoms with Gasteiger partial charge in [-0.2, -0.15) is 0 Å². The van der Waals surface area contributed by atoms with Gasteiger partial charge in [-0.25, -0.2) is 0 Å². The van der Waals surface area contributed by atoms with Gasteiger partial charge in [-0.15, -0.1) is 0 Å². The molecule has 14 heavy (non-hydrogen) atoms. The molecule has 0 radical (unpaired) electrons. The van der Waals surface area contributed by atoms with Gasteiger partial charge in [-0.3, -0.25) is 0 Å². The summed E-state index contributed by atoms with van der Waals surface area (Å²) in [6.07, 6.45) is 1.96. The van der Waals surface area contributed by atoms with Crippen LogP contribution in [0.15, 0.2) is 6.20 Å². The van der Waals surface area contributed by atoms with Crippen molar-refractivity contribution in [3.63, 3.8) is 0 Å². The number of rotatable bonds is 4. The lowest BCUT2D eigenvalue weighted by atomic mass is 10.3. The first kappa shape index (κ1) is 11.5. The Balaban J connectivity index is 2.58.